The van der Waals surface area contributed by atoms with E-state index >= 15 is 0 Å². The first-order chi connectivity index (χ1) is 10.7. The van der Waals surface area contributed by atoms with Crippen LogP contribution in [0.1, 0.15) is 0 Å². The molecule has 2 amide bonds. The van der Waals surface area contributed by atoms with Crippen molar-refractivity contribution >= 4 is 28.3 Å². The Morgan fingerprint density at radius 2 is 2.09 bits per heavy atom. The van der Waals surface area contributed by atoms with E-state index in [1.165, 1.54) is 19.2 Å². The average Bonchev–Trinajstić information content (AvgIpc) is 2.97. The van der Waals surface area contributed by atoms with E-state index in [2.05, 4.69) is 20.8 Å². The molecule has 7 nitrogen and oxygen atoms in total. The van der Waals surface area contributed by atoms with Gasteiger partial charge in [0.1, 0.15) is 11.5 Å². The van der Waals surface area contributed by atoms with Crippen LogP contribution >= 0.6 is 0 Å². The molecule has 1 aromatic heterocycles. The number of urea groups is 1. The second-order valence-electron chi connectivity index (χ2n) is 4.63. The number of aromatic amines is 1. The predicted octanol–water partition coefficient (Wildman–Crippen LogP) is 2.92. The monoisotopic (exact) mass is 298 g/mol. The topological polar surface area (TPSA) is 99.3 Å². The fraction of sp³-hybridized carbons (Fsp3) is 0.0667. The normalized spacial score (nSPS) is 10.4. The molecule has 7 heteroatoms. The first-order valence-corrected chi connectivity index (χ1v) is 6.54. The Morgan fingerprint density at radius 3 is 2.91 bits per heavy atom. The van der Waals surface area contributed by atoms with Crippen molar-refractivity contribution in [2.24, 2.45) is 0 Å². The lowest BCUT2D eigenvalue weighted by Crippen LogP contribution is -2.19. The summed E-state index contributed by atoms with van der Waals surface area (Å²) in [6.07, 6.45) is 1.70. The van der Waals surface area contributed by atoms with Crippen molar-refractivity contribution in [2.45, 2.75) is 0 Å². The number of aromatic hydroxyl groups is 1. The number of phenolic OH excluding ortho intramolecular Hbond substituents is 1. The van der Waals surface area contributed by atoms with Gasteiger partial charge in [-0.15, -0.1) is 0 Å². The maximum atomic E-state index is 12.0. The summed E-state index contributed by atoms with van der Waals surface area (Å²) in [4.78, 5) is 12.0. The quantitative estimate of drug-likeness (QED) is 0.559. The highest BCUT2D eigenvalue weighted by Gasteiger charge is 2.08. The number of nitrogens with zero attached hydrogens (tertiary/aromatic N) is 1. The van der Waals surface area contributed by atoms with Crippen molar-refractivity contribution < 1.29 is 14.6 Å². The standard InChI is InChI=1S/C15H14N4O3/c1-22-11-4-5-14(20)13(7-11)18-15(21)17-10-3-2-9-8-16-19-12(9)6-10/h2-8,20H,1H3,(H,16,19)(H2,17,18,21). The van der Waals surface area contributed by atoms with Crippen molar-refractivity contribution in [2.75, 3.05) is 17.7 Å². The highest BCUT2D eigenvalue weighted by molar-refractivity contribution is 6.01. The van der Waals surface area contributed by atoms with E-state index in [0.29, 0.717) is 11.4 Å². The Morgan fingerprint density at radius 1 is 1.23 bits per heavy atom. The van der Waals surface area contributed by atoms with Crippen LogP contribution in [-0.2, 0) is 0 Å². The van der Waals surface area contributed by atoms with Crippen molar-refractivity contribution in [1.29, 1.82) is 0 Å². The van der Waals surface area contributed by atoms with Crippen LogP contribution in [0.2, 0.25) is 0 Å². The molecule has 3 aromatic rings. The van der Waals surface area contributed by atoms with Gasteiger partial charge in [0.05, 0.1) is 24.5 Å². The van der Waals surface area contributed by atoms with E-state index in [-0.39, 0.29) is 11.4 Å². The van der Waals surface area contributed by atoms with Crippen LogP contribution in [-0.4, -0.2) is 28.4 Å². The number of aromatic nitrogens is 2. The Labute approximate surface area is 125 Å². The predicted molar refractivity (Wildman–Crippen MR) is 83.4 cm³/mol. The lowest BCUT2D eigenvalue weighted by molar-refractivity contribution is 0.262. The van der Waals surface area contributed by atoms with Crippen LogP contribution in [0.15, 0.2) is 42.6 Å². The number of hydrogen-bond donors (Lipinski definition) is 4. The number of hydrogen-bond acceptors (Lipinski definition) is 4. The molecule has 0 aliphatic carbocycles. The van der Waals surface area contributed by atoms with Gasteiger partial charge in [-0.05, 0) is 30.3 Å². The van der Waals surface area contributed by atoms with Crippen molar-refractivity contribution in [3.05, 3.63) is 42.6 Å². The fourth-order valence-corrected chi connectivity index (χ4v) is 2.04. The number of benzene rings is 2. The molecule has 0 atom stereocenters. The van der Waals surface area contributed by atoms with Crippen LogP contribution in [0.4, 0.5) is 16.2 Å². The highest BCUT2D eigenvalue weighted by Crippen LogP contribution is 2.28. The number of phenols is 1. The van der Waals surface area contributed by atoms with Crippen LogP contribution in [0.5, 0.6) is 11.5 Å². The van der Waals surface area contributed by atoms with Gasteiger partial charge in [-0.2, -0.15) is 5.10 Å². The third-order valence-electron chi connectivity index (χ3n) is 3.15. The van der Waals surface area contributed by atoms with Crippen LogP contribution in [0, 0.1) is 0 Å². The van der Waals surface area contributed by atoms with Crippen LogP contribution in [0.3, 0.4) is 0 Å². The molecule has 2 aromatic carbocycles. The van der Waals surface area contributed by atoms with Gasteiger partial charge in [0.2, 0.25) is 0 Å². The molecular formula is C15H14N4O3. The summed E-state index contributed by atoms with van der Waals surface area (Å²) in [7, 11) is 1.51. The number of ether oxygens (including phenoxy) is 1. The minimum atomic E-state index is -0.470. The molecule has 0 bridgehead atoms. The van der Waals surface area contributed by atoms with Gasteiger partial charge in [-0.3, -0.25) is 5.10 Å². The van der Waals surface area contributed by atoms with E-state index in [4.69, 9.17) is 4.74 Å². The maximum absolute atomic E-state index is 12.0. The molecule has 0 unspecified atom stereocenters. The number of H-pyrrole nitrogens is 1. The van der Waals surface area contributed by atoms with Crippen LogP contribution in [0.25, 0.3) is 10.9 Å². The Hall–Kier alpha value is -3.22. The lowest BCUT2D eigenvalue weighted by Gasteiger charge is -2.10. The fourth-order valence-electron chi connectivity index (χ4n) is 2.04. The van der Waals surface area contributed by atoms with Gasteiger partial charge in [0.15, 0.2) is 0 Å². The third kappa shape index (κ3) is 2.78. The summed E-state index contributed by atoms with van der Waals surface area (Å²) in [6, 6.07) is 9.50. The second-order valence-corrected chi connectivity index (χ2v) is 4.63. The summed E-state index contributed by atoms with van der Waals surface area (Å²) in [5.74, 6) is 0.493. The molecule has 4 N–H and O–H groups in total. The molecule has 0 radical (unpaired) electrons. The van der Waals surface area contributed by atoms with E-state index in [1.54, 1.807) is 24.4 Å². The molecular weight excluding hydrogens is 284 g/mol. The summed E-state index contributed by atoms with van der Waals surface area (Å²) in [5, 5.41) is 22.7. The molecule has 0 aliphatic heterocycles. The number of carbonyl (C=O) groups excluding carboxylic acids is 1. The third-order valence-corrected chi connectivity index (χ3v) is 3.15. The molecule has 0 spiro atoms. The highest BCUT2D eigenvalue weighted by atomic mass is 16.5. The van der Waals surface area contributed by atoms with Gasteiger partial charge in [-0.1, -0.05) is 0 Å². The van der Waals surface area contributed by atoms with Gasteiger partial charge < -0.3 is 20.5 Å². The molecule has 112 valence electrons. The Balaban J connectivity index is 1.74. The van der Waals surface area contributed by atoms with Crippen molar-refractivity contribution in [3.8, 4) is 11.5 Å². The number of carbonyl (C=O) groups is 1. The Bertz CT molecular complexity index is 829. The molecule has 0 saturated carbocycles. The minimum absolute atomic E-state index is 0.0417. The van der Waals surface area contributed by atoms with E-state index in [0.717, 1.165) is 10.9 Å². The number of methoxy groups -OCH3 is 1. The van der Waals surface area contributed by atoms with Crippen molar-refractivity contribution in [3.63, 3.8) is 0 Å². The average molecular weight is 298 g/mol. The van der Waals surface area contributed by atoms with Gasteiger partial charge in [-0.25, -0.2) is 4.79 Å². The Kier molecular flexibility index (Phi) is 3.53. The number of fused-ring (bicyclic) bond motifs is 1. The van der Waals surface area contributed by atoms with Gasteiger partial charge in [0.25, 0.3) is 0 Å². The van der Waals surface area contributed by atoms with Crippen molar-refractivity contribution in [1.82, 2.24) is 10.2 Å². The SMILES string of the molecule is COc1ccc(O)c(NC(=O)Nc2ccc3cn[nH]c3c2)c1. The molecule has 0 fully saturated rings. The zero-order valence-corrected chi connectivity index (χ0v) is 11.8. The van der Waals surface area contributed by atoms with E-state index in [1.807, 2.05) is 6.07 Å². The number of nitrogens with one attached hydrogen (secondary N) is 3. The molecule has 0 saturated heterocycles. The van der Waals surface area contributed by atoms with E-state index in [9.17, 15) is 9.90 Å². The molecule has 1 heterocycles. The number of rotatable bonds is 3. The molecule has 22 heavy (non-hydrogen) atoms. The first-order valence-electron chi connectivity index (χ1n) is 6.54. The zero-order chi connectivity index (χ0) is 15.5. The zero-order valence-electron chi connectivity index (χ0n) is 11.8. The summed E-state index contributed by atoms with van der Waals surface area (Å²) in [6.45, 7) is 0. The second kappa shape index (κ2) is 5.65. The van der Waals surface area contributed by atoms with E-state index < -0.39 is 6.03 Å². The minimum Gasteiger partial charge on any atom is -0.506 e. The number of amides is 2. The molecule has 3 rings (SSSR count). The van der Waals surface area contributed by atoms with Gasteiger partial charge in [0, 0.05) is 17.1 Å². The lowest BCUT2D eigenvalue weighted by atomic mass is 10.2. The molecule has 0 aliphatic rings. The van der Waals surface area contributed by atoms with Crippen LogP contribution < -0.4 is 15.4 Å². The maximum Gasteiger partial charge on any atom is 0.323 e. The van der Waals surface area contributed by atoms with Gasteiger partial charge >= 0.3 is 6.03 Å². The summed E-state index contributed by atoms with van der Waals surface area (Å²) >= 11 is 0. The first kappa shape index (κ1) is 13.7. The number of anilines is 2. The summed E-state index contributed by atoms with van der Waals surface area (Å²) in [5.41, 5.74) is 1.69. The largest absolute Gasteiger partial charge is 0.506 e. The summed E-state index contributed by atoms with van der Waals surface area (Å²) < 4.78 is 5.06. The smallest absolute Gasteiger partial charge is 0.323 e.